The SMILES string of the molecule is CO[C@@H]1COCC[C@@H]1N[C@@H]1C[C@H]2CN(C(=O)c3ccccc3)C[C@@]2(C(=O)N2CCc3ncc(C(F)(F)F)cc3C2)C1. The molecule has 1 N–H and O–H groups in total. The summed E-state index contributed by atoms with van der Waals surface area (Å²) in [6, 6.07) is 10.3. The Hall–Kier alpha value is -3.02. The predicted molar refractivity (Wildman–Crippen MR) is 143 cm³/mol. The van der Waals surface area contributed by atoms with Gasteiger partial charge in [0.2, 0.25) is 5.91 Å². The summed E-state index contributed by atoms with van der Waals surface area (Å²) < 4.78 is 51.4. The third kappa shape index (κ3) is 5.35. The van der Waals surface area contributed by atoms with E-state index in [0.717, 1.165) is 25.1 Å². The highest BCUT2D eigenvalue weighted by Crippen LogP contribution is 2.51. The molecule has 2 aromatic rings. The van der Waals surface area contributed by atoms with E-state index >= 15 is 0 Å². The van der Waals surface area contributed by atoms with Crippen molar-refractivity contribution in [2.75, 3.05) is 40.0 Å². The maximum atomic E-state index is 14.4. The van der Waals surface area contributed by atoms with E-state index in [-0.39, 0.29) is 49.0 Å². The van der Waals surface area contributed by atoms with Gasteiger partial charge >= 0.3 is 6.18 Å². The highest BCUT2D eigenvalue weighted by molar-refractivity contribution is 5.95. The molecule has 2 amide bonds. The number of fused-ring (bicyclic) bond motifs is 2. The fourth-order valence-electron chi connectivity index (χ4n) is 7.25. The fourth-order valence-corrected chi connectivity index (χ4v) is 7.25. The van der Waals surface area contributed by atoms with Crippen LogP contribution < -0.4 is 5.32 Å². The number of carbonyl (C=O) groups is 2. The zero-order valence-electron chi connectivity index (χ0n) is 23.0. The molecular formula is C30H35F3N4O4. The minimum absolute atomic E-state index is 0.0502. The Morgan fingerprint density at radius 1 is 1.20 bits per heavy atom. The van der Waals surface area contributed by atoms with Gasteiger partial charge in [-0.1, -0.05) is 18.2 Å². The molecule has 5 atom stereocenters. The number of hydrogen-bond acceptors (Lipinski definition) is 6. The fraction of sp³-hybridized carbons (Fsp3) is 0.567. The third-order valence-corrected chi connectivity index (χ3v) is 9.32. The Bertz CT molecular complexity index is 1290. The number of carbonyl (C=O) groups excluding carboxylic acids is 2. The molecule has 0 bridgehead atoms. The normalized spacial score (nSPS) is 29.8. The molecule has 0 radical (unpaired) electrons. The predicted octanol–water partition coefficient (Wildman–Crippen LogP) is 3.30. The molecule has 220 valence electrons. The molecule has 1 aromatic carbocycles. The van der Waals surface area contributed by atoms with Crippen molar-refractivity contribution in [1.82, 2.24) is 20.1 Å². The standard InChI is InChI=1S/C30H35F3N4O4/c1-40-26-17-41-10-8-25(26)35-23-12-22-16-37(27(38)19-5-3-2-4-6-19)18-29(22,13-23)28(39)36-9-7-24-20(15-36)11-21(14-34-24)30(31,32)33/h2-6,11,14,22-23,25-26,35H,7-10,12-13,15-18H2,1H3/t22-,23+,25-,26+,29-/m0/s1. The number of aromatic nitrogens is 1. The molecule has 0 spiro atoms. The molecule has 1 saturated carbocycles. The molecule has 8 nitrogen and oxygen atoms in total. The van der Waals surface area contributed by atoms with Gasteiger partial charge < -0.3 is 24.6 Å². The number of pyridine rings is 1. The number of alkyl halides is 3. The quantitative estimate of drug-likeness (QED) is 0.592. The maximum absolute atomic E-state index is 14.4. The van der Waals surface area contributed by atoms with E-state index in [1.165, 1.54) is 0 Å². The van der Waals surface area contributed by atoms with Crippen LogP contribution in [0, 0.1) is 11.3 Å². The smallest absolute Gasteiger partial charge is 0.379 e. The topological polar surface area (TPSA) is 84.0 Å². The van der Waals surface area contributed by atoms with Crippen LogP contribution in [0.2, 0.25) is 0 Å². The van der Waals surface area contributed by atoms with Gasteiger partial charge in [-0.3, -0.25) is 14.6 Å². The summed E-state index contributed by atoms with van der Waals surface area (Å²) >= 11 is 0. The zero-order valence-corrected chi connectivity index (χ0v) is 23.0. The number of methoxy groups -OCH3 is 1. The molecule has 1 aromatic heterocycles. The van der Waals surface area contributed by atoms with Crippen molar-refractivity contribution in [3.63, 3.8) is 0 Å². The molecule has 41 heavy (non-hydrogen) atoms. The number of benzene rings is 1. The van der Waals surface area contributed by atoms with Crippen LogP contribution in [0.15, 0.2) is 42.6 Å². The van der Waals surface area contributed by atoms with Gasteiger partial charge in [0.1, 0.15) is 0 Å². The van der Waals surface area contributed by atoms with Crippen LogP contribution in [0.5, 0.6) is 0 Å². The second-order valence-corrected chi connectivity index (χ2v) is 11.8. The first-order valence-electron chi connectivity index (χ1n) is 14.2. The minimum atomic E-state index is -4.50. The molecule has 0 unspecified atom stereocenters. The largest absolute Gasteiger partial charge is 0.417 e. The summed E-state index contributed by atoms with van der Waals surface area (Å²) in [7, 11) is 1.67. The van der Waals surface area contributed by atoms with Gasteiger partial charge in [0.05, 0.1) is 23.7 Å². The number of ether oxygens (including phenoxy) is 2. The Kier molecular flexibility index (Phi) is 7.54. The summed E-state index contributed by atoms with van der Waals surface area (Å²) in [6.07, 6.45) is -1.25. The lowest BCUT2D eigenvalue weighted by molar-refractivity contribution is -0.143. The highest BCUT2D eigenvalue weighted by atomic mass is 19.4. The van der Waals surface area contributed by atoms with Crippen LogP contribution in [-0.2, 0) is 33.4 Å². The summed E-state index contributed by atoms with van der Waals surface area (Å²) in [4.78, 5) is 35.4. The maximum Gasteiger partial charge on any atom is 0.417 e. The first-order chi connectivity index (χ1) is 19.7. The van der Waals surface area contributed by atoms with Gasteiger partial charge in [-0.2, -0.15) is 13.2 Å². The Labute approximate surface area is 237 Å². The zero-order chi connectivity index (χ0) is 28.8. The average Bonchev–Trinajstić information content (AvgIpc) is 3.51. The lowest BCUT2D eigenvalue weighted by Gasteiger charge is -2.37. The third-order valence-electron chi connectivity index (χ3n) is 9.32. The van der Waals surface area contributed by atoms with E-state index in [1.807, 2.05) is 18.2 Å². The van der Waals surface area contributed by atoms with Crippen molar-refractivity contribution in [3.05, 3.63) is 65.0 Å². The van der Waals surface area contributed by atoms with Crippen LogP contribution in [-0.4, -0.2) is 84.7 Å². The number of halogens is 3. The second kappa shape index (κ2) is 11.0. The van der Waals surface area contributed by atoms with E-state index in [4.69, 9.17) is 9.47 Å². The first kappa shape index (κ1) is 28.1. The van der Waals surface area contributed by atoms with E-state index in [1.54, 1.807) is 29.0 Å². The number of amides is 2. The summed E-state index contributed by atoms with van der Waals surface area (Å²) in [5, 5.41) is 3.73. The second-order valence-electron chi connectivity index (χ2n) is 11.8. The average molecular weight is 573 g/mol. The van der Waals surface area contributed by atoms with Crippen molar-refractivity contribution < 1.29 is 32.2 Å². The Balaban J connectivity index is 1.25. The Morgan fingerprint density at radius 3 is 2.76 bits per heavy atom. The first-order valence-corrected chi connectivity index (χ1v) is 14.2. The molecule has 3 fully saturated rings. The van der Waals surface area contributed by atoms with Gasteiger partial charge in [0.25, 0.3) is 5.91 Å². The van der Waals surface area contributed by atoms with Crippen molar-refractivity contribution in [3.8, 4) is 0 Å². The van der Waals surface area contributed by atoms with Gasteiger partial charge in [-0.25, -0.2) is 0 Å². The number of nitrogens with zero attached hydrogens (tertiary/aromatic N) is 3. The molecule has 1 aliphatic carbocycles. The highest BCUT2D eigenvalue weighted by Gasteiger charge is 2.59. The van der Waals surface area contributed by atoms with Gasteiger partial charge in [0, 0.05) is 75.9 Å². The minimum Gasteiger partial charge on any atom is -0.379 e. The number of nitrogens with one attached hydrogen (secondary N) is 1. The van der Waals surface area contributed by atoms with Crippen molar-refractivity contribution in [2.45, 2.75) is 56.6 Å². The van der Waals surface area contributed by atoms with Gasteiger partial charge in [-0.05, 0) is 48.9 Å². The number of rotatable bonds is 5. The molecule has 3 aliphatic heterocycles. The Morgan fingerprint density at radius 2 is 2.00 bits per heavy atom. The molecule has 6 rings (SSSR count). The molecule has 4 heterocycles. The van der Waals surface area contributed by atoms with Gasteiger partial charge in [0.15, 0.2) is 0 Å². The van der Waals surface area contributed by atoms with Crippen LogP contribution in [0.3, 0.4) is 0 Å². The molecule has 2 saturated heterocycles. The van der Waals surface area contributed by atoms with Crippen molar-refractivity contribution in [2.24, 2.45) is 11.3 Å². The number of hydrogen-bond donors (Lipinski definition) is 1. The van der Waals surface area contributed by atoms with Crippen molar-refractivity contribution >= 4 is 11.8 Å². The van der Waals surface area contributed by atoms with E-state index in [2.05, 4.69) is 10.3 Å². The monoisotopic (exact) mass is 572 g/mol. The lowest BCUT2D eigenvalue weighted by atomic mass is 9.78. The van der Waals surface area contributed by atoms with Crippen LogP contribution in [0.4, 0.5) is 13.2 Å². The molecular weight excluding hydrogens is 537 g/mol. The van der Waals surface area contributed by atoms with Crippen LogP contribution >= 0.6 is 0 Å². The molecule has 4 aliphatic rings. The lowest BCUT2D eigenvalue weighted by Crippen LogP contribution is -2.52. The van der Waals surface area contributed by atoms with Crippen LogP contribution in [0.1, 0.15) is 46.4 Å². The summed E-state index contributed by atoms with van der Waals surface area (Å²) in [6.45, 7) is 2.36. The van der Waals surface area contributed by atoms with Crippen LogP contribution in [0.25, 0.3) is 0 Å². The van der Waals surface area contributed by atoms with E-state index < -0.39 is 17.2 Å². The summed E-state index contributed by atoms with van der Waals surface area (Å²) in [5.41, 5.74) is -0.0218. The number of likely N-dealkylation sites (tertiary alicyclic amines) is 1. The van der Waals surface area contributed by atoms with Crippen molar-refractivity contribution in [1.29, 1.82) is 0 Å². The van der Waals surface area contributed by atoms with E-state index in [9.17, 15) is 22.8 Å². The van der Waals surface area contributed by atoms with E-state index in [0.29, 0.717) is 56.0 Å². The molecule has 11 heteroatoms. The summed E-state index contributed by atoms with van der Waals surface area (Å²) in [5.74, 6) is -0.265. The van der Waals surface area contributed by atoms with Gasteiger partial charge in [-0.15, -0.1) is 0 Å².